The van der Waals surface area contributed by atoms with Crippen LogP contribution >= 0.6 is 11.3 Å². The Morgan fingerprint density at radius 3 is 2.82 bits per heavy atom. The number of likely N-dealkylation sites (tertiary alicyclic amines) is 1. The van der Waals surface area contributed by atoms with Crippen molar-refractivity contribution in [2.24, 2.45) is 0 Å². The van der Waals surface area contributed by atoms with Gasteiger partial charge in [0.05, 0.1) is 6.10 Å². The Labute approximate surface area is 107 Å². The van der Waals surface area contributed by atoms with E-state index in [2.05, 4.69) is 29.3 Å². The van der Waals surface area contributed by atoms with Gasteiger partial charge in [0.2, 0.25) is 0 Å². The molecule has 1 atom stereocenters. The molecule has 1 saturated heterocycles. The van der Waals surface area contributed by atoms with E-state index in [1.807, 2.05) is 11.3 Å². The molecular formula is C13H22N2OS. The Hall–Kier alpha value is -0.420. The molecule has 2 rings (SSSR count). The minimum absolute atomic E-state index is 0.242. The van der Waals surface area contributed by atoms with Gasteiger partial charge in [-0.05, 0) is 45.0 Å². The molecule has 17 heavy (non-hydrogen) atoms. The van der Waals surface area contributed by atoms with Gasteiger partial charge in [-0.3, -0.25) is 0 Å². The lowest BCUT2D eigenvalue weighted by Crippen LogP contribution is -2.36. The van der Waals surface area contributed by atoms with E-state index in [-0.39, 0.29) is 6.10 Å². The highest BCUT2D eigenvalue weighted by molar-refractivity contribution is 7.11. The third kappa shape index (κ3) is 4.39. The van der Waals surface area contributed by atoms with Crippen molar-refractivity contribution < 1.29 is 5.11 Å². The van der Waals surface area contributed by atoms with Crippen LogP contribution in [0.3, 0.4) is 0 Å². The number of rotatable bonds is 6. The second-order valence-electron chi connectivity index (χ2n) is 4.80. The Balaban J connectivity index is 1.60. The van der Waals surface area contributed by atoms with Gasteiger partial charge in [0.1, 0.15) is 0 Å². The van der Waals surface area contributed by atoms with Gasteiger partial charge < -0.3 is 15.3 Å². The predicted octanol–water partition coefficient (Wildman–Crippen LogP) is 1.60. The Morgan fingerprint density at radius 2 is 2.18 bits per heavy atom. The van der Waals surface area contributed by atoms with Crippen LogP contribution in [0.25, 0.3) is 0 Å². The lowest BCUT2D eigenvalue weighted by atomic mass is 10.3. The highest BCUT2D eigenvalue weighted by atomic mass is 32.1. The molecule has 0 radical (unpaired) electrons. The van der Waals surface area contributed by atoms with Crippen LogP contribution < -0.4 is 5.32 Å². The SMILES string of the molecule is Cc1ccc(CNCC(O)CN2CCCC2)s1. The number of aliphatic hydroxyl groups excluding tert-OH is 1. The van der Waals surface area contributed by atoms with Crippen molar-refractivity contribution in [3.05, 3.63) is 21.9 Å². The fourth-order valence-corrected chi connectivity index (χ4v) is 3.13. The second-order valence-corrected chi connectivity index (χ2v) is 6.18. The van der Waals surface area contributed by atoms with E-state index in [9.17, 15) is 5.11 Å². The van der Waals surface area contributed by atoms with Crippen LogP contribution in [0.2, 0.25) is 0 Å². The van der Waals surface area contributed by atoms with Crippen LogP contribution in [-0.4, -0.2) is 42.3 Å². The molecule has 2 N–H and O–H groups in total. The standard InChI is InChI=1S/C13H22N2OS/c1-11-4-5-13(17-11)9-14-8-12(16)10-15-6-2-3-7-15/h4-5,12,14,16H,2-3,6-10H2,1H3. The van der Waals surface area contributed by atoms with Gasteiger partial charge in [0.15, 0.2) is 0 Å². The molecule has 1 aromatic heterocycles. The molecule has 1 unspecified atom stereocenters. The number of β-amino-alcohol motifs (C(OH)–C–C–N with tert-alkyl or cyclic N) is 1. The summed E-state index contributed by atoms with van der Waals surface area (Å²) in [5.74, 6) is 0. The first-order valence-electron chi connectivity index (χ1n) is 6.40. The van der Waals surface area contributed by atoms with Crippen LogP contribution in [0.1, 0.15) is 22.6 Å². The Morgan fingerprint density at radius 1 is 1.41 bits per heavy atom. The molecule has 0 saturated carbocycles. The molecule has 0 aliphatic carbocycles. The monoisotopic (exact) mass is 254 g/mol. The molecule has 0 bridgehead atoms. The first kappa shape index (κ1) is 13.0. The lowest BCUT2D eigenvalue weighted by molar-refractivity contribution is 0.123. The van der Waals surface area contributed by atoms with Crippen molar-refractivity contribution in [3.63, 3.8) is 0 Å². The highest BCUT2D eigenvalue weighted by Gasteiger charge is 2.15. The summed E-state index contributed by atoms with van der Waals surface area (Å²) in [5.41, 5.74) is 0. The number of hydrogen-bond acceptors (Lipinski definition) is 4. The molecule has 1 aliphatic heterocycles. The average Bonchev–Trinajstić information content (AvgIpc) is 2.90. The van der Waals surface area contributed by atoms with Crippen molar-refractivity contribution in [1.82, 2.24) is 10.2 Å². The zero-order chi connectivity index (χ0) is 12.1. The second kappa shape index (κ2) is 6.50. The third-order valence-electron chi connectivity index (χ3n) is 3.14. The van der Waals surface area contributed by atoms with E-state index in [4.69, 9.17) is 0 Å². The maximum absolute atomic E-state index is 9.89. The lowest BCUT2D eigenvalue weighted by Gasteiger charge is -2.19. The average molecular weight is 254 g/mol. The summed E-state index contributed by atoms with van der Waals surface area (Å²) in [5, 5.41) is 13.2. The fourth-order valence-electron chi connectivity index (χ4n) is 2.27. The molecule has 1 aliphatic rings. The number of aliphatic hydroxyl groups is 1. The summed E-state index contributed by atoms with van der Waals surface area (Å²) in [6.45, 7) is 6.80. The van der Waals surface area contributed by atoms with Gasteiger partial charge in [0.25, 0.3) is 0 Å². The molecule has 96 valence electrons. The van der Waals surface area contributed by atoms with Gasteiger partial charge in [-0.2, -0.15) is 0 Å². The Kier molecular flexibility index (Phi) is 4.98. The number of aryl methyl sites for hydroxylation is 1. The highest BCUT2D eigenvalue weighted by Crippen LogP contribution is 2.14. The summed E-state index contributed by atoms with van der Waals surface area (Å²) in [7, 11) is 0. The molecule has 0 aromatic carbocycles. The van der Waals surface area contributed by atoms with Gasteiger partial charge in [0, 0.05) is 29.4 Å². The van der Waals surface area contributed by atoms with Crippen LogP contribution in [0.15, 0.2) is 12.1 Å². The molecule has 1 aromatic rings. The summed E-state index contributed by atoms with van der Waals surface area (Å²) < 4.78 is 0. The predicted molar refractivity (Wildman–Crippen MR) is 72.4 cm³/mol. The first-order valence-corrected chi connectivity index (χ1v) is 7.22. The van der Waals surface area contributed by atoms with Crippen LogP contribution in [0, 0.1) is 6.92 Å². The van der Waals surface area contributed by atoms with Crippen molar-refractivity contribution in [3.8, 4) is 0 Å². The topological polar surface area (TPSA) is 35.5 Å². The third-order valence-corrected chi connectivity index (χ3v) is 4.14. The van der Waals surface area contributed by atoms with E-state index >= 15 is 0 Å². The van der Waals surface area contributed by atoms with E-state index in [0.717, 1.165) is 26.2 Å². The van der Waals surface area contributed by atoms with Gasteiger partial charge in [-0.1, -0.05) is 0 Å². The van der Waals surface area contributed by atoms with Crippen molar-refractivity contribution in [2.45, 2.75) is 32.4 Å². The fraction of sp³-hybridized carbons (Fsp3) is 0.692. The summed E-state index contributed by atoms with van der Waals surface area (Å²) in [6, 6.07) is 4.29. The van der Waals surface area contributed by atoms with Crippen LogP contribution in [-0.2, 0) is 6.54 Å². The zero-order valence-electron chi connectivity index (χ0n) is 10.5. The molecule has 0 spiro atoms. The summed E-state index contributed by atoms with van der Waals surface area (Å²) >= 11 is 1.82. The molecule has 4 heteroatoms. The van der Waals surface area contributed by atoms with Gasteiger partial charge in [-0.25, -0.2) is 0 Å². The van der Waals surface area contributed by atoms with Crippen molar-refractivity contribution >= 4 is 11.3 Å². The number of nitrogens with one attached hydrogen (secondary N) is 1. The zero-order valence-corrected chi connectivity index (χ0v) is 11.3. The van der Waals surface area contributed by atoms with E-state index in [1.54, 1.807) is 0 Å². The molecule has 3 nitrogen and oxygen atoms in total. The van der Waals surface area contributed by atoms with E-state index in [1.165, 1.54) is 22.6 Å². The van der Waals surface area contributed by atoms with Crippen LogP contribution in [0.5, 0.6) is 0 Å². The largest absolute Gasteiger partial charge is 0.390 e. The van der Waals surface area contributed by atoms with Crippen LogP contribution in [0.4, 0.5) is 0 Å². The quantitative estimate of drug-likeness (QED) is 0.809. The van der Waals surface area contributed by atoms with Crippen molar-refractivity contribution in [1.29, 1.82) is 0 Å². The minimum Gasteiger partial charge on any atom is -0.390 e. The number of hydrogen-bond donors (Lipinski definition) is 2. The normalized spacial score (nSPS) is 18.7. The van der Waals surface area contributed by atoms with Crippen molar-refractivity contribution in [2.75, 3.05) is 26.2 Å². The summed E-state index contributed by atoms with van der Waals surface area (Å²) in [6.07, 6.45) is 2.33. The maximum Gasteiger partial charge on any atom is 0.0791 e. The number of thiophene rings is 1. The van der Waals surface area contributed by atoms with Gasteiger partial charge >= 0.3 is 0 Å². The minimum atomic E-state index is -0.242. The van der Waals surface area contributed by atoms with E-state index < -0.39 is 0 Å². The smallest absolute Gasteiger partial charge is 0.0791 e. The first-order chi connectivity index (χ1) is 8.24. The summed E-state index contributed by atoms with van der Waals surface area (Å²) in [4.78, 5) is 5.04. The Bertz CT molecular complexity index is 334. The molecule has 2 heterocycles. The number of nitrogens with zero attached hydrogens (tertiary/aromatic N) is 1. The molecule has 0 amide bonds. The molecular weight excluding hydrogens is 232 g/mol. The van der Waals surface area contributed by atoms with E-state index in [0.29, 0.717) is 6.54 Å². The maximum atomic E-state index is 9.89. The van der Waals surface area contributed by atoms with Gasteiger partial charge in [-0.15, -0.1) is 11.3 Å². The molecule has 1 fully saturated rings.